The molecule has 0 spiro atoms. The fourth-order valence-electron chi connectivity index (χ4n) is 3.54. The van der Waals surface area contributed by atoms with Crippen LogP contribution in [0.15, 0.2) is 59.5 Å². The van der Waals surface area contributed by atoms with Crippen molar-refractivity contribution in [1.29, 1.82) is 0 Å². The van der Waals surface area contributed by atoms with Gasteiger partial charge in [-0.3, -0.25) is 9.10 Å². The predicted octanol–water partition coefficient (Wildman–Crippen LogP) is 2.06. The number of aryl methyl sites for hydroxylation is 2. The molecule has 0 bridgehead atoms. The normalized spacial score (nSPS) is 15.6. The van der Waals surface area contributed by atoms with E-state index >= 15 is 0 Å². The third-order valence-electron chi connectivity index (χ3n) is 5.07. The van der Waals surface area contributed by atoms with E-state index < -0.39 is 32.1 Å². The number of ether oxygens (including phenoxy) is 1. The van der Waals surface area contributed by atoms with Gasteiger partial charge in [-0.15, -0.1) is 0 Å². The van der Waals surface area contributed by atoms with Crippen LogP contribution < -0.4 is 19.1 Å². The van der Waals surface area contributed by atoms with Crippen molar-refractivity contribution < 1.29 is 26.4 Å². The van der Waals surface area contributed by atoms with Crippen molar-refractivity contribution >= 4 is 43.3 Å². The van der Waals surface area contributed by atoms with E-state index in [4.69, 9.17) is 4.74 Å². The third-order valence-corrected chi connectivity index (χ3v) is 7.56. The summed E-state index contributed by atoms with van der Waals surface area (Å²) in [4.78, 5) is 20.9. The molecule has 0 fully saturated rings. The summed E-state index contributed by atoms with van der Waals surface area (Å²) in [6, 6.07) is 13.7. The zero-order valence-corrected chi connectivity index (χ0v) is 20.7. The Labute approximate surface area is 203 Å². The first-order chi connectivity index (χ1) is 16.4. The number of benzene rings is 2. The number of carbonyl (C=O) groups is 1. The van der Waals surface area contributed by atoms with E-state index in [0.717, 1.165) is 10.6 Å². The molecule has 2 aromatic carbocycles. The summed E-state index contributed by atoms with van der Waals surface area (Å²) in [7, 11) is -7.60. The summed E-state index contributed by atoms with van der Waals surface area (Å²) >= 11 is 0. The number of hydrogen-bond donors (Lipinski definition) is 2. The van der Waals surface area contributed by atoms with Gasteiger partial charge in [0.25, 0.3) is 15.9 Å². The maximum Gasteiger partial charge on any atom is 0.267 e. The molecule has 2 heterocycles. The largest absolute Gasteiger partial charge is 0.476 e. The lowest BCUT2D eigenvalue weighted by Crippen LogP contribution is -2.48. The summed E-state index contributed by atoms with van der Waals surface area (Å²) in [5.74, 6) is -0.346. The molecule has 0 aliphatic carbocycles. The van der Waals surface area contributed by atoms with Crippen molar-refractivity contribution in [2.24, 2.45) is 0 Å². The minimum Gasteiger partial charge on any atom is -0.476 e. The van der Waals surface area contributed by atoms with Crippen LogP contribution in [-0.2, 0) is 24.8 Å². The van der Waals surface area contributed by atoms with Crippen molar-refractivity contribution in [3.8, 4) is 5.75 Å². The number of fused-ring (bicyclic) bond motifs is 1. The van der Waals surface area contributed by atoms with E-state index in [2.05, 4.69) is 20.0 Å². The molecule has 0 saturated heterocycles. The molecule has 0 saturated carbocycles. The molecule has 4 rings (SSSR count). The summed E-state index contributed by atoms with van der Waals surface area (Å²) in [6.45, 7) is 3.26. The number of rotatable bonds is 6. The molecular formula is C22H23N5O6S2. The minimum atomic E-state index is -3.96. The topological polar surface area (TPSA) is 148 Å². The van der Waals surface area contributed by atoms with Crippen LogP contribution in [0.2, 0.25) is 0 Å². The maximum absolute atomic E-state index is 12.8. The van der Waals surface area contributed by atoms with E-state index in [1.54, 1.807) is 44.2 Å². The van der Waals surface area contributed by atoms with Crippen molar-refractivity contribution in [3.05, 3.63) is 66.0 Å². The number of nitrogens with one attached hydrogen (secondary N) is 2. The Morgan fingerprint density at radius 3 is 2.26 bits per heavy atom. The summed E-state index contributed by atoms with van der Waals surface area (Å²) in [5, 5.41) is 2.63. The molecule has 1 aliphatic rings. The number of hydrogen-bond acceptors (Lipinski definition) is 8. The standard InChI is InChI=1S/C22H23N5O6S2/c1-14-12-15(2)24-22(23-14)26-35(31,32)17-10-8-16(9-11-17)25-21(28)20-13-27(34(3,29)30)18-6-4-5-7-19(18)33-20/h4-12,20H,13H2,1-3H3,(H,25,28)(H,23,24,26)/t20-/m1/s1. The Hall–Kier alpha value is -3.71. The first kappa shape index (κ1) is 24.4. The third kappa shape index (κ3) is 5.52. The molecule has 1 amide bonds. The lowest BCUT2D eigenvalue weighted by atomic mass is 10.2. The van der Waals surface area contributed by atoms with Crippen molar-refractivity contribution in [2.45, 2.75) is 24.8 Å². The van der Waals surface area contributed by atoms with Crippen LogP contribution in [0.4, 0.5) is 17.3 Å². The monoisotopic (exact) mass is 517 g/mol. The Morgan fingerprint density at radius 1 is 1.00 bits per heavy atom. The van der Waals surface area contributed by atoms with Crippen LogP contribution in [0.1, 0.15) is 11.4 Å². The number of nitrogens with zero attached hydrogens (tertiary/aromatic N) is 3. The molecule has 13 heteroatoms. The second kappa shape index (κ2) is 9.15. The van der Waals surface area contributed by atoms with Crippen molar-refractivity contribution in [1.82, 2.24) is 9.97 Å². The van der Waals surface area contributed by atoms with E-state index in [-0.39, 0.29) is 23.1 Å². The number of amides is 1. The lowest BCUT2D eigenvalue weighted by molar-refractivity contribution is -0.122. The second-order valence-electron chi connectivity index (χ2n) is 7.96. The van der Waals surface area contributed by atoms with Gasteiger partial charge in [-0.2, -0.15) is 0 Å². The van der Waals surface area contributed by atoms with Crippen LogP contribution in [0.3, 0.4) is 0 Å². The molecule has 35 heavy (non-hydrogen) atoms. The number of anilines is 3. The first-order valence-electron chi connectivity index (χ1n) is 10.4. The van der Waals surface area contributed by atoms with Crippen molar-refractivity contribution in [3.63, 3.8) is 0 Å². The predicted molar refractivity (Wildman–Crippen MR) is 130 cm³/mol. The lowest BCUT2D eigenvalue weighted by Gasteiger charge is -2.33. The second-order valence-corrected chi connectivity index (χ2v) is 11.6. The van der Waals surface area contributed by atoms with Crippen LogP contribution in [-0.4, -0.2) is 51.6 Å². The highest BCUT2D eigenvalue weighted by Crippen LogP contribution is 2.34. The number of aromatic nitrogens is 2. The summed E-state index contributed by atoms with van der Waals surface area (Å²) in [6.07, 6.45) is -0.0493. The highest BCUT2D eigenvalue weighted by Gasteiger charge is 2.35. The number of para-hydroxylation sites is 2. The molecular weight excluding hydrogens is 494 g/mol. The van der Waals surface area contributed by atoms with Gasteiger partial charge in [-0.05, 0) is 56.3 Å². The molecule has 1 aromatic heterocycles. The highest BCUT2D eigenvalue weighted by atomic mass is 32.2. The minimum absolute atomic E-state index is 0.0370. The number of sulfonamides is 2. The van der Waals surface area contributed by atoms with E-state index in [0.29, 0.717) is 22.8 Å². The number of carbonyl (C=O) groups excluding carboxylic acids is 1. The molecule has 184 valence electrons. The Balaban J connectivity index is 1.48. The average molecular weight is 518 g/mol. The Bertz CT molecular complexity index is 1470. The summed E-state index contributed by atoms with van der Waals surface area (Å²) in [5.41, 5.74) is 1.91. The first-order valence-corrected chi connectivity index (χ1v) is 13.7. The van der Waals surface area contributed by atoms with Crippen LogP contribution in [0.5, 0.6) is 5.75 Å². The van der Waals surface area contributed by atoms with Gasteiger partial charge >= 0.3 is 0 Å². The van der Waals surface area contributed by atoms with Crippen molar-refractivity contribution in [2.75, 3.05) is 27.1 Å². The van der Waals surface area contributed by atoms with Gasteiger partial charge in [0.2, 0.25) is 16.0 Å². The van der Waals surface area contributed by atoms with Gasteiger partial charge in [0, 0.05) is 17.1 Å². The maximum atomic E-state index is 12.8. The van der Waals surface area contributed by atoms with Gasteiger partial charge < -0.3 is 10.1 Å². The SMILES string of the molecule is Cc1cc(C)nc(NS(=O)(=O)c2ccc(NC(=O)[C@H]3CN(S(C)(=O)=O)c4ccccc4O3)cc2)n1. The zero-order chi connectivity index (χ0) is 25.4. The van der Waals surface area contributed by atoms with E-state index in [9.17, 15) is 21.6 Å². The van der Waals surface area contributed by atoms with E-state index in [1.165, 1.54) is 24.3 Å². The Kier molecular flexibility index (Phi) is 6.38. The summed E-state index contributed by atoms with van der Waals surface area (Å²) < 4.78 is 59.0. The molecule has 1 aliphatic heterocycles. The van der Waals surface area contributed by atoms with Gasteiger partial charge in [-0.25, -0.2) is 31.5 Å². The van der Waals surface area contributed by atoms with Crippen LogP contribution in [0.25, 0.3) is 0 Å². The molecule has 0 unspecified atom stereocenters. The van der Waals surface area contributed by atoms with E-state index in [1.807, 2.05) is 0 Å². The molecule has 3 aromatic rings. The molecule has 11 nitrogen and oxygen atoms in total. The molecule has 0 radical (unpaired) electrons. The van der Waals surface area contributed by atoms with Gasteiger partial charge in [0.1, 0.15) is 5.75 Å². The highest BCUT2D eigenvalue weighted by molar-refractivity contribution is 7.92. The fraction of sp³-hybridized carbons (Fsp3) is 0.227. The quantitative estimate of drug-likeness (QED) is 0.505. The van der Waals surface area contributed by atoms with Gasteiger partial charge in [-0.1, -0.05) is 12.1 Å². The smallest absolute Gasteiger partial charge is 0.267 e. The van der Waals surface area contributed by atoms with Crippen LogP contribution in [0, 0.1) is 13.8 Å². The molecule has 1 atom stereocenters. The zero-order valence-electron chi connectivity index (χ0n) is 19.1. The fourth-order valence-corrected chi connectivity index (χ4v) is 5.40. The average Bonchev–Trinajstić information content (AvgIpc) is 2.77. The van der Waals surface area contributed by atoms with Crippen LogP contribution >= 0.6 is 0 Å². The Morgan fingerprint density at radius 2 is 1.63 bits per heavy atom. The molecule has 2 N–H and O–H groups in total. The van der Waals surface area contributed by atoms with Gasteiger partial charge in [0.15, 0.2) is 6.10 Å². The van der Waals surface area contributed by atoms with Gasteiger partial charge in [0.05, 0.1) is 23.4 Å².